The van der Waals surface area contributed by atoms with Gasteiger partial charge in [-0.15, -0.1) is 0 Å². The van der Waals surface area contributed by atoms with Crippen molar-refractivity contribution in [1.82, 2.24) is 0 Å². The molecule has 1 heterocycles. The molecule has 0 atom stereocenters. The quantitative estimate of drug-likeness (QED) is 0.448. The number of alkyl halides is 2. The van der Waals surface area contributed by atoms with E-state index in [9.17, 15) is 17.6 Å². The highest BCUT2D eigenvalue weighted by Gasteiger charge is 2.26. The number of halogens is 4. The minimum atomic E-state index is -2.88. The molecule has 2 rings (SSSR count). The molecule has 1 fully saturated rings. The van der Waals surface area contributed by atoms with Crippen LogP contribution in [-0.4, -0.2) is 32.9 Å². The number of hydrogen-bond acceptors (Lipinski definition) is 3. The number of nitrogens with zero attached hydrogens (tertiary/aromatic N) is 1. The molecule has 0 aromatic heterocycles. The Balaban J connectivity index is 2.01. The Labute approximate surface area is 101 Å². The fraction of sp³-hybridized carbons (Fsp3) is 0.455. The third kappa shape index (κ3) is 3.25. The molecular weight excluding hydrogens is 254 g/mol. The molecule has 7 heteroatoms. The van der Waals surface area contributed by atoms with Gasteiger partial charge in [0.15, 0.2) is 5.82 Å². The molecular formula is C11H11F4NO2. The molecule has 1 saturated heterocycles. The van der Waals surface area contributed by atoms with Crippen LogP contribution in [0, 0.1) is 11.6 Å². The van der Waals surface area contributed by atoms with E-state index < -0.39 is 18.2 Å². The average Bonchev–Trinajstić information content (AvgIpc) is 3.07. The highest BCUT2D eigenvalue weighted by atomic mass is 19.3. The lowest BCUT2D eigenvalue weighted by atomic mass is 10.2. The van der Waals surface area contributed by atoms with Crippen molar-refractivity contribution in [3.05, 3.63) is 23.8 Å². The van der Waals surface area contributed by atoms with Crippen LogP contribution in [0.5, 0.6) is 5.75 Å². The summed E-state index contributed by atoms with van der Waals surface area (Å²) in [5.74, 6) is -1.50. The van der Waals surface area contributed by atoms with Gasteiger partial charge in [-0.05, 0) is 0 Å². The summed E-state index contributed by atoms with van der Waals surface area (Å²) in [6.07, 6.45) is 0. The molecule has 0 spiro atoms. The first-order chi connectivity index (χ1) is 8.58. The maximum absolute atomic E-state index is 13.5. The highest BCUT2D eigenvalue weighted by Crippen LogP contribution is 2.35. The Morgan fingerprint density at radius 2 is 1.89 bits per heavy atom. The molecule has 3 nitrogen and oxygen atoms in total. The van der Waals surface area contributed by atoms with Crippen LogP contribution in [0.1, 0.15) is 0 Å². The molecule has 0 radical (unpaired) electrons. The zero-order chi connectivity index (χ0) is 13.1. The molecule has 0 saturated carbocycles. The van der Waals surface area contributed by atoms with E-state index >= 15 is 0 Å². The van der Waals surface area contributed by atoms with E-state index in [4.69, 9.17) is 4.74 Å². The predicted molar refractivity (Wildman–Crippen MR) is 56.0 cm³/mol. The lowest BCUT2D eigenvalue weighted by molar-refractivity contribution is -0.133. The fourth-order valence-corrected chi connectivity index (χ4v) is 1.52. The first-order valence-electron chi connectivity index (χ1n) is 5.34. The van der Waals surface area contributed by atoms with E-state index in [-0.39, 0.29) is 24.7 Å². The minimum absolute atomic E-state index is 0.00265. The Morgan fingerprint density at radius 3 is 2.50 bits per heavy atom. The van der Waals surface area contributed by atoms with E-state index in [1.165, 1.54) is 0 Å². The van der Waals surface area contributed by atoms with Crippen molar-refractivity contribution in [3.63, 3.8) is 0 Å². The van der Waals surface area contributed by atoms with Crippen molar-refractivity contribution in [2.45, 2.75) is 6.61 Å². The molecule has 1 aromatic carbocycles. The Morgan fingerprint density at radius 1 is 1.17 bits per heavy atom. The molecule has 1 aliphatic rings. The van der Waals surface area contributed by atoms with E-state index in [1.807, 2.05) is 0 Å². The van der Waals surface area contributed by atoms with E-state index in [1.54, 1.807) is 4.90 Å². The molecule has 18 heavy (non-hydrogen) atoms. The van der Waals surface area contributed by atoms with Crippen LogP contribution in [0.15, 0.2) is 12.1 Å². The molecule has 0 bridgehead atoms. The molecule has 0 N–H and O–H groups in total. The predicted octanol–water partition coefficient (Wildman–Crippen LogP) is 2.40. The van der Waals surface area contributed by atoms with Gasteiger partial charge in [0.1, 0.15) is 23.9 Å². The number of anilines is 1. The van der Waals surface area contributed by atoms with Gasteiger partial charge in [-0.2, -0.15) is 8.78 Å². The van der Waals surface area contributed by atoms with Gasteiger partial charge in [-0.25, -0.2) is 8.78 Å². The van der Waals surface area contributed by atoms with Gasteiger partial charge < -0.3 is 14.4 Å². The van der Waals surface area contributed by atoms with Crippen molar-refractivity contribution in [2.24, 2.45) is 0 Å². The Kier molecular flexibility index (Phi) is 3.90. The third-order valence-electron chi connectivity index (χ3n) is 2.34. The number of hydrogen-bond donors (Lipinski definition) is 0. The topological polar surface area (TPSA) is 21.5 Å². The van der Waals surface area contributed by atoms with Crippen LogP contribution in [-0.2, 0) is 4.74 Å². The zero-order valence-corrected chi connectivity index (χ0v) is 9.34. The lowest BCUT2D eigenvalue weighted by Gasteiger charge is -2.13. The van der Waals surface area contributed by atoms with Gasteiger partial charge >= 0.3 is 6.61 Å². The normalized spacial score (nSPS) is 14.2. The molecule has 1 aliphatic heterocycles. The summed E-state index contributed by atoms with van der Waals surface area (Å²) < 4.78 is 59.0. The number of benzene rings is 1. The first-order valence-corrected chi connectivity index (χ1v) is 5.34. The van der Waals surface area contributed by atoms with Gasteiger partial charge in [-0.3, -0.25) is 0 Å². The van der Waals surface area contributed by atoms with Crippen LogP contribution < -0.4 is 9.64 Å². The largest absolute Gasteiger partial charge is 0.489 e. The van der Waals surface area contributed by atoms with Crippen molar-refractivity contribution < 1.29 is 27.0 Å². The molecule has 0 unspecified atom stereocenters. The van der Waals surface area contributed by atoms with Crippen LogP contribution in [0.3, 0.4) is 0 Å². The van der Waals surface area contributed by atoms with Crippen molar-refractivity contribution in [3.8, 4) is 5.75 Å². The van der Waals surface area contributed by atoms with Gasteiger partial charge in [0.2, 0.25) is 0 Å². The fourth-order valence-electron chi connectivity index (χ4n) is 1.52. The molecule has 1 aromatic rings. The third-order valence-corrected chi connectivity index (χ3v) is 2.34. The SMILES string of the molecule is Fc1cc(F)c(N2CC2)c(OCCOC(F)F)c1. The summed E-state index contributed by atoms with van der Waals surface area (Å²) in [5, 5.41) is 0. The van der Waals surface area contributed by atoms with Crippen molar-refractivity contribution in [2.75, 3.05) is 31.2 Å². The summed E-state index contributed by atoms with van der Waals surface area (Å²) in [6, 6.07) is 1.79. The van der Waals surface area contributed by atoms with Gasteiger partial charge in [0.05, 0.1) is 6.61 Å². The maximum Gasteiger partial charge on any atom is 0.345 e. The van der Waals surface area contributed by atoms with Crippen LogP contribution >= 0.6 is 0 Å². The van der Waals surface area contributed by atoms with E-state index in [0.717, 1.165) is 12.1 Å². The standard InChI is InChI=1S/C11H11F4NO2/c12-7-5-8(13)10(16-1-2-16)9(6-7)17-3-4-18-11(14)15/h5-6,11H,1-4H2. The van der Waals surface area contributed by atoms with Crippen LogP contribution in [0.25, 0.3) is 0 Å². The second-order valence-electron chi connectivity index (χ2n) is 3.70. The lowest BCUT2D eigenvalue weighted by Crippen LogP contribution is -2.11. The number of ether oxygens (including phenoxy) is 2. The maximum atomic E-state index is 13.5. The zero-order valence-electron chi connectivity index (χ0n) is 9.34. The smallest absolute Gasteiger partial charge is 0.345 e. The minimum Gasteiger partial charge on any atom is -0.489 e. The van der Waals surface area contributed by atoms with Crippen molar-refractivity contribution >= 4 is 5.69 Å². The van der Waals surface area contributed by atoms with E-state index in [0.29, 0.717) is 13.1 Å². The monoisotopic (exact) mass is 265 g/mol. The van der Waals surface area contributed by atoms with Crippen molar-refractivity contribution in [1.29, 1.82) is 0 Å². The average molecular weight is 265 g/mol. The van der Waals surface area contributed by atoms with E-state index in [2.05, 4.69) is 4.74 Å². The van der Waals surface area contributed by atoms with Gasteiger partial charge in [0, 0.05) is 25.2 Å². The van der Waals surface area contributed by atoms with Gasteiger partial charge in [0.25, 0.3) is 0 Å². The summed E-state index contributed by atoms with van der Waals surface area (Å²) in [6.45, 7) is -2.12. The summed E-state index contributed by atoms with van der Waals surface area (Å²) in [4.78, 5) is 1.65. The van der Waals surface area contributed by atoms with Crippen LogP contribution in [0.2, 0.25) is 0 Å². The first kappa shape index (κ1) is 12.9. The second kappa shape index (κ2) is 5.43. The summed E-state index contributed by atoms with van der Waals surface area (Å²) in [7, 11) is 0. The Bertz CT molecular complexity index is 424. The molecule has 100 valence electrons. The molecule has 0 aliphatic carbocycles. The summed E-state index contributed by atoms with van der Waals surface area (Å²) >= 11 is 0. The number of rotatable bonds is 6. The van der Waals surface area contributed by atoms with Gasteiger partial charge in [-0.1, -0.05) is 0 Å². The molecule has 0 amide bonds. The highest BCUT2D eigenvalue weighted by molar-refractivity contribution is 5.63. The Hall–Kier alpha value is -1.50. The van der Waals surface area contributed by atoms with Crippen LogP contribution in [0.4, 0.5) is 23.2 Å². The summed E-state index contributed by atoms with van der Waals surface area (Å²) in [5.41, 5.74) is 0.161. The second-order valence-corrected chi connectivity index (χ2v) is 3.70.